The average Bonchev–Trinajstić information content (AvgIpc) is 2.90. The number of aryl methyl sites for hydroxylation is 1. The van der Waals surface area contributed by atoms with E-state index in [0.29, 0.717) is 0 Å². The first-order valence-corrected chi connectivity index (χ1v) is 11.8. The topological polar surface area (TPSA) is 51.7 Å². The van der Waals surface area contributed by atoms with Gasteiger partial charge in [-0.05, 0) is 84.7 Å². The molecule has 34 heavy (non-hydrogen) atoms. The summed E-state index contributed by atoms with van der Waals surface area (Å²) < 4.78 is 10.6. The molecule has 0 fully saturated rings. The Labute approximate surface area is 203 Å². The standard InChI is InChI=1S/C29H34N2O3/c1-33-27-15-11-25(12-16-27)29(26-13-17-28(34-2)18-14-26)10-4-6-21-31(23-32)20-5-3-8-24-9-7-19-30-22-24/h7,9-19,22-23H,3-6,8,20-21H2,1-2H3. The van der Waals surface area contributed by atoms with Crippen LogP contribution in [0.4, 0.5) is 0 Å². The fourth-order valence-corrected chi connectivity index (χ4v) is 3.89. The van der Waals surface area contributed by atoms with Crippen molar-refractivity contribution >= 4 is 12.0 Å². The molecule has 2 aromatic carbocycles. The second-order valence-electron chi connectivity index (χ2n) is 8.18. The van der Waals surface area contributed by atoms with Crippen LogP contribution in [0.25, 0.3) is 5.57 Å². The Kier molecular flexibility index (Phi) is 10.2. The van der Waals surface area contributed by atoms with Gasteiger partial charge in [0.15, 0.2) is 0 Å². The van der Waals surface area contributed by atoms with Crippen LogP contribution < -0.4 is 9.47 Å². The highest BCUT2D eigenvalue weighted by atomic mass is 16.5. The third kappa shape index (κ3) is 7.77. The van der Waals surface area contributed by atoms with Crippen molar-refractivity contribution < 1.29 is 14.3 Å². The van der Waals surface area contributed by atoms with E-state index < -0.39 is 0 Å². The number of ether oxygens (including phenoxy) is 2. The molecule has 1 amide bonds. The van der Waals surface area contributed by atoms with Crippen molar-refractivity contribution in [3.05, 3.63) is 95.8 Å². The number of amides is 1. The molecule has 0 spiro atoms. The Morgan fingerprint density at radius 2 is 1.47 bits per heavy atom. The van der Waals surface area contributed by atoms with Gasteiger partial charge in [-0.2, -0.15) is 0 Å². The Morgan fingerprint density at radius 1 is 0.853 bits per heavy atom. The average molecular weight is 459 g/mol. The van der Waals surface area contributed by atoms with Crippen molar-refractivity contribution in [1.29, 1.82) is 0 Å². The van der Waals surface area contributed by atoms with Crippen LogP contribution in [0.1, 0.15) is 42.4 Å². The molecule has 1 aromatic heterocycles. The molecule has 0 aliphatic rings. The fraction of sp³-hybridized carbons (Fsp3) is 0.310. The second-order valence-corrected chi connectivity index (χ2v) is 8.18. The highest BCUT2D eigenvalue weighted by molar-refractivity contribution is 5.80. The largest absolute Gasteiger partial charge is 0.497 e. The molecular formula is C29H34N2O3. The van der Waals surface area contributed by atoms with Crippen LogP contribution in [0.15, 0.2) is 79.1 Å². The highest BCUT2D eigenvalue weighted by Crippen LogP contribution is 2.27. The summed E-state index contributed by atoms with van der Waals surface area (Å²) in [5, 5.41) is 0. The van der Waals surface area contributed by atoms with Crippen molar-refractivity contribution in [3.8, 4) is 11.5 Å². The fourth-order valence-electron chi connectivity index (χ4n) is 3.89. The summed E-state index contributed by atoms with van der Waals surface area (Å²) in [4.78, 5) is 17.6. The van der Waals surface area contributed by atoms with Crippen LogP contribution >= 0.6 is 0 Å². The van der Waals surface area contributed by atoms with Gasteiger partial charge in [0.25, 0.3) is 0 Å². The van der Waals surface area contributed by atoms with Crippen molar-refractivity contribution in [2.24, 2.45) is 0 Å². The summed E-state index contributed by atoms with van der Waals surface area (Å²) in [6.45, 7) is 1.54. The second kappa shape index (κ2) is 13.8. The molecule has 0 aliphatic carbocycles. The monoisotopic (exact) mass is 458 g/mol. The van der Waals surface area contributed by atoms with Crippen molar-refractivity contribution in [2.45, 2.75) is 32.1 Å². The van der Waals surface area contributed by atoms with Crippen LogP contribution in [0.2, 0.25) is 0 Å². The Bertz CT molecular complexity index is 966. The van der Waals surface area contributed by atoms with Gasteiger partial charge in [0.05, 0.1) is 14.2 Å². The summed E-state index contributed by atoms with van der Waals surface area (Å²) in [6, 6.07) is 20.3. The summed E-state index contributed by atoms with van der Waals surface area (Å²) >= 11 is 0. The van der Waals surface area contributed by atoms with Gasteiger partial charge in [0.2, 0.25) is 6.41 Å². The third-order valence-electron chi connectivity index (χ3n) is 5.83. The van der Waals surface area contributed by atoms with Crippen LogP contribution in [0.5, 0.6) is 11.5 Å². The lowest BCUT2D eigenvalue weighted by Gasteiger charge is -2.17. The molecule has 0 N–H and O–H groups in total. The van der Waals surface area contributed by atoms with E-state index >= 15 is 0 Å². The maximum absolute atomic E-state index is 11.5. The van der Waals surface area contributed by atoms with Gasteiger partial charge in [-0.3, -0.25) is 9.78 Å². The molecule has 0 bridgehead atoms. The minimum atomic E-state index is 0.755. The van der Waals surface area contributed by atoms with Gasteiger partial charge in [-0.1, -0.05) is 36.4 Å². The van der Waals surface area contributed by atoms with E-state index in [1.54, 1.807) is 20.4 Å². The number of allylic oxidation sites excluding steroid dienone is 1. The van der Waals surface area contributed by atoms with Gasteiger partial charge in [0.1, 0.15) is 11.5 Å². The predicted molar refractivity (Wildman–Crippen MR) is 137 cm³/mol. The first-order valence-electron chi connectivity index (χ1n) is 11.8. The molecule has 5 heteroatoms. The van der Waals surface area contributed by atoms with Crippen molar-refractivity contribution in [1.82, 2.24) is 9.88 Å². The van der Waals surface area contributed by atoms with Crippen LogP contribution in [0.3, 0.4) is 0 Å². The summed E-state index contributed by atoms with van der Waals surface area (Å²) in [5.74, 6) is 1.67. The van der Waals surface area contributed by atoms with Crippen molar-refractivity contribution in [3.63, 3.8) is 0 Å². The van der Waals surface area contributed by atoms with E-state index in [1.807, 2.05) is 41.4 Å². The Morgan fingerprint density at radius 3 is 2.00 bits per heavy atom. The van der Waals surface area contributed by atoms with Crippen LogP contribution in [0, 0.1) is 0 Å². The summed E-state index contributed by atoms with van der Waals surface area (Å²) in [6.07, 6.45) is 11.8. The first-order chi connectivity index (χ1) is 16.7. The zero-order valence-corrected chi connectivity index (χ0v) is 20.2. The Hall–Kier alpha value is -3.60. The highest BCUT2D eigenvalue weighted by Gasteiger charge is 2.07. The minimum Gasteiger partial charge on any atom is -0.497 e. The Balaban J connectivity index is 1.56. The van der Waals surface area contributed by atoms with Gasteiger partial charge >= 0.3 is 0 Å². The molecule has 5 nitrogen and oxygen atoms in total. The van der Waals surface area contributed by atoms with Gasteiger partial charge in [-0.25, -0.2) is 0 Å². The number of unbranched alkanes of at least 4 members (excludes halogenated alkanes) is 2. The molecule has 0 unspecified atom stereocenters. The van der Waals surface area contributed by atoms with E-state index in [4.69, 9.17) is 9.47 Å². The number of hydrogen-bond donors (Lipinski definition) is 0. The summed E-state index contributed by atoms with van der Waals surface area (Å²) in [5.41, 5.74) is 4.68. The molecule has 178 valence electrons. The van der Waals surface area contributed by atoms with E-state index in [0.717, 1.165) is 74.2 Å². The predicted octanol–water partition coefficient (Wildman–Crippen LogP) is 5.79. The maximum atomic E-state index is 11.5. The number of benzene rings is 2. The lowest BCUT2D eigenvalue weighted by Crippen LogP contribution is -2.24. The maximum Gasteiger partial charge on any atom is 0.209 e. The number of carbonyl (C=O) groups excluding carboxylic acids is 1. The SMILES string of the molecule is COc1ccc(C(=CCCCN(C=O)CCCCc2cccnc2)c2ccc(OC)cc2)cc1. The zero-order valence-electron chi connectivity index (χ0n) is 20.2. The van der Waals surface area contributed by atoms with Crippen LogP contribution in [-0.4, -0.2) is 43.6 Å². The molecule has 0 aliphatic heterocycles. The van der Waals surface area contributed by atoms with E-state index in [-0.39, 0.29) is 0 Å². The molecule has 1 heterocycles. The minimum absolute atomic E-state index is 0.755. The number of rotatable bonds is 14. The number of nitrogens with zero attached hydrogens (tertiary/aromatic N) is 2. The molecule has 3 aromatic rings. The first kappa shape index (κ1) is 25.0. The quantitative estimate of drug-likeness (QED) is 0.227. The zero-order chi connectivity index (χ0) is 24.0. The van der Waals surface area contributed by atoms with E-state index in [1.165, 1.54) is 11.1 Å². The number of aromatic nitrogens is 1. The third-order valence-corrected chi connectivity index (χ3v) is 5.83. The number of pyridine rings is 1. The van der Waals surface area contributed by atoms with Crippen molar-refractivity contribution in [2.75, 3.05) is 27.3 Å². The molecule has 0 saturated carbocycles. The molecule has 0 radical (unpaired) electrons. The van der Waals surface area contributed by atoms with E-state index in [2.05, 4.69) is 41.4 Å². The van der Waals surface area contributed by atoms with Crippen LogP contribution in [-0.2, 0) is 11.2 Å². The number of methoxy groups -OCH3 is 2. The van der Waals surface area contributed by atoms with Gasteiger partial charge in [-0.15, -0.1) is 0 Å². The molecular weight excluding hydrogens is 424 g/mol. The van der Waals surface area contributed by atoms with E-state index in [9.17, 15) is 4.79 Å². The smallest absolute Gasteiger partial charge is 0.209 e. The lowest BCUT2D eigenvalue weighted by molar-refractivity contribution is -0.118. The molecule has 3 rings (SSSR count). The van der Waals surface area contributed by atoms with Gasteiger partial charge < -0.3 is 14.4 Å². The van der Waals surface area contributed by atoms with Gasteiger partial charge in [0, 0.05) is 25.5 Å². The number of carbonyl (C=O) groups is 1. The summed E-state index contributed by atoms with van der Waals surface area (Å²) in [7, 11) is 3.35. The lowest BCUT2D eigenvalue weighted by atomic mass is 9.96. The molecule has 0 saturated heterocycles. The number of hydrogen-bond acceptors (Lipinski definition) is 4. The normalized spacial score (nSPS) is 10.4. The molecule has 0 atom stereocenters.